The highest BCUT2D eigenvalue weighted by atomic mass is 16.5. The van der Waals surface area contributed by atoms with E-state index in [-0.39, 0.29) is 11.6 Å². The first kappa shape index (κ1) is 17.9. The average Bonchev–Trinajstić information content (AvgIpc) is 2.67. The van der Waals surface area contributed by atoms with Gasteiger partial charge in [-0.2, -0.15) is 0 Å². The summed E-state index contributed by atoms with van der Waals surface area (Å²) in [5.41, 5.74) is 1.62. The Morgan fingerprint density at radius 2 is 1.92 bits per heavy atom. The standard InChI is InChI=1S/C20H23N3O3/c1-13(19-21-17-8-6-5-7-16(17)20(24)22-19)23(2)12-14-9-10-15(25-3)11-18(14)26-4/h5-11,13H,12H2,1-4H3,(H,21,22,24)/t13-/m1/s1. The molecule has 0 aliphatic heterocycles. The van der Waals surface area contributed by atoms with Gasteiger partial charge in [0.2, 0.25) is 0 Å². The van der Waals surface area contributed by atoms with Gasteiger partial charge in [0, 0.05) is 18.2 Å². The molecule has 0 amide bonds. The first-order valence-electron chi connectivity index (χ1n) is 8.43. The van der Waals surface area contributed by atoms with Crippen molar-refractivity contribution in [3.63, 3.8) is 0 Å². The zero-order valence-electron chi connectivity index (χ0n) is 15.4. The van der Waals surface area contributed by atoms with Crippen LogP contribution in [-0.4, -0.2) is 36.1 Å². The lowest BCUT2D eigenvalue weighted by molar-refractivity contribution is 0.240. The van der Waals surface area contributed by atoms with Crippen molar-refractivity contribution < 1.29 is 9.47 Å². The van der Waals surface area contributed by atoms with Gasteiger partial charge < -0.3 is 14.5 Å². The predicted octanol–water partition coefficient (Wildman–Crippen LogP) is 3.13. The van der Waals surface area contributed by atoms with Gasteiger partial charge in [-0.3, -0.25) is 9.69 Å². The Morgan fingerprint density at radius 1 is 1.15 bits per heavy atom. The third kappa shape index (κ3) is 3.55. The molecule has 6 nitrogen and oxygen atoms in total. The number of para-hydroxylation sites is 1. The van der Waals surface area contributed by atoms with Crippen LogP contribution in [0.25, 0.3) is 10.9 Å². The lowest BCUT2D eigenvalue weighted by Gasteiger charge is -2.25. The first-order valence-corrected chi connectivity index (χ1v) is 8.43. The Kier molecular flexibility index (Phi) is 5.23. The molecule has 0 saturated carbocycles. The van der Waals surface area contributed by atoms with Crippen LogP contribution in [-0.2, 0) is 6.54 Å². The first-order chi connectivity index (χ1) is 12.5. The summed E-state index contributed by atoms with van der Waals surface area (Å²) in [4.78, 5) is 21.9. The summed E-state index contributed by atoms with van der Waals surface area (Å²) in [6.07, 6.45) is 0. The third-order valence-electron chi connectivity index (χ3n) is 4.60. The highest BCUT2D eigenvalue weighted by Crippen LogP contribution is 2.27. The van der Waals surface area contributed by atoms with E-state index in [4.69, 9.17) is 9.47 Å². The number of aromatic nitrogens is 2. The minimum Gasteiger partial charge on any atom is -0.497 e. The Hall–Kier alpha value is -2.86. The summed E-state index contributed by atoms with van der Waals surface area (Å²) in [5.74, 6) is 2.16. The summed E-state index contributed by atoms with van der Waals surface area (Å²) >= 11 is 0. The normalized spacial score (nSPS) is 12.3. The lowest BCUT2D eigenvalue weighted by atomic mass is 10.1. The molecule has 0 saturated heterocycles. The van der Waals surface area contributed by atoms with Crippen LogP contribution in [0.1, 0.15) is 24.4 Å². The van der Waals surface area contributed by atoms with Crippen LogP contribution in [0.15, 0.2) is 47.3 Å². The van der Waals surface area contributed by atoms with Crippen molar-refractivity contribution in [3.05, 3.63) is 64.2 Å². The SMILES string of the molecule is COc1ccc(CN(C)[C@H](C)c2nc3ccccc3c(=O)[nH]2)c(OC)c1. The molecule has 0 fully saturated rings. The molecule has 0 unspecified atom stereocenters. The fourth-order valence-corrected chi connectivity index (χ4v) is 2.90. The van der Waals surface area contributed by atoms with Crippen molar-refractivity contribution in [1.29, 1.82) is 0 Å². The van der Waals surface area contributed by atoms with Gasteiger partial charge in [0.25, 0.3) is 5.56 Å². The van der Waals surface area contributed by atoms with E-state index < -0.39 is 0 Å². The molecule has 3 aromatic rings. The minimum absolute atomic E-state index is 0.0703. The Labute approximate surface area is 152 Å². The Morgan fingerprint density at radius 3 is 2.65 bits per heavy atom. The van der Waals surface area contributed by atoms with Crippen molar-refractivity contribution >= 4 is 10.9 Å². The zero-order valence-corrected chi connectivity index (χ0v) is 15.4. The number of hydrogen-bond acceptors (Lipinski definition) is 5. The van der Waals surface area contributed by atoms with Gasteiger partial charge in [-0.05, 0) is 32.2 Å². The second-order valence-electron chi connectivity index (χ2n) is 6.24. The molecule has 0 bridgehead atoms. The number of aromatic amines is 1. The van der Waals surface area contributed by atoms with Crippen LogP contribution in [0, 0.1) is 0 Å². The van der Waals surface area contributed by atoms with Gasteiger partial charge in [0.05, 0.1) is 31.2 Å². The molecule has 6 heteroatoms. The maximum Gasteiger partial charge on any atom is 0.258 e. The van der Waals surface area contributed by atoms with Crippen LogP contribution in [0.4, 0.5) is 0 Å². The Bertz CT molecular complexity index is 968. The summed E-state index contributed by atoms with van der Waals surface area (Å²) in [7, 11) is 5.26. The molecule has 0 aliphatic carbocycles. The van der Waals surface area contributed by atoms with E-state index in [0.717, 1.165) is 17.1 Å². The maximum absolute atomic E-state index is 12.3. The molecule has 1 aromatic heterocycles. The molecule has 26 heavy (non-hydrogen) atoms. The number of rotatable bonds is 6. The monoisotopic (exact) mass is 353 g/mol. The van der Waals surface area contributed by atoms with E-state index in [1.54, 1.807) is 20.3 Å². The molecule has 136 valence electrons. The van der Waals surface area contributed by atoms with Gasteiger partial charge in [0.1, 0.15) is 17.3 Å². The number of ether oxygens (including phenoxy) is 2. The van der Waals surface area contributed by atoms with Crippen molar-refractivity contribution in [2.45, 2.75) is 19.5 Å². The van der Waals surface area contributed by atoms with Crippen molar-refractivity contribution in [1.82, 2.24) is 14.9 Å². The number of nitrogens with zero attached hydrogens (tertiary/aromatic N) is 2. The lowest BCUT2D eigenvalue weighted by Crippen LogP contribution is -2.26. The number of nitrogens with one attached hydrogen (secondary N) is 1. The summed E-state index contributed by atoms with van der Waals surface area (Å²) in [6.45, 7) is 2.66. The van der Waals surface area contributed by atoms with Crippen molar-refractivity contribution in [3.8, 4) is 11.5 Å². The minimum atomic E-state index is -0.118. The second-order valence-corrected chi connectivity index (χ2v) is 6.24. The fraction of sp³-hybridized carbons (Fsp3) is 0.300. The van der Waals surface area contributed by atoms with E-state index in [2.05, 4.69) is 14.9 Å². The largest absolute Gasteiger partial charge is 0.497 e. The van der Waals surface area contributed by atoms with Crippen LogP contribution in [0.3, 0.4) is 0 Å². The van der Waals surface area contributed by atoms with E-state index in [0.29, 0.717) is 23.3 Å². The smallest absolute Gasteiger partial charge is 0.258 e. The molecule has 3 rings (SSSR count). The maximum atomic E-state index is 12.3. The van der Waals surface area contributed by atoms with Gasteiger partial charge >= 0.3 is 0 Å². The topological polar surface area (TPSA) is 67.5 Å². The third-order valence-corrected chi connectivity index (χ3v) is 4.60. The summed E-state index contributed by atoms with van der Waals surface area (Å²) < 4.78 is 10.7. The van der Waals surface area contributed by atoms with Crippen LogP contribution in [0.5, 0.6) is 11.5 Å². The summed E-state index contributed by atoms with van der Waals surface area (Å²) in [5, 5.41) is 0.600. The van der Waals surface area contributed by atoms with Crippen molar-refractivity contribution in [2.24, 2.45) is 0 Å². The summed E-state index contributed by atoms with van der Waals surface area (Å²) in [6, 6.07) is 13.0. The van der Waals surface area contributed by atoms with Crippen molar-refractivity contribution in [2.75, 3.05) is 21.3 Å². The highest BCUT2D eigenvalue weighted by molar-refractivity contribution is 5.77. The predicted molar refractivity (Wildman–Crippen MR) is 102 cm³/mol. The van der Waals surface area contributed by atoms with E-state index in [1.807, 2.05) is 50.4 Å². The molecule has 2 aromatic carbocycles. The van der Waals surface area contributed by atoms with Crippen LogP contribution in [0.2, 0.25) is 0 Å². The number of H-pyrrole nitrogens is 1. The quantitative estimate of drug-likeness (QED) is 0.737. The van der Waals surface area contributed by atoms with Gasteiger partial charge in [0.15, 0.2) is 0 Å². The molecule has 0 spiro atoms. The number of benzene rings is 2. The molecular weight excluding hydrogens is 330 g/mol. The molecule has 1 atom stereocenters. The zero-order chi connectivity index (χ0) is 18.7. The molecular formula is C20H23N3O3. The van der Waals surface area contributed by atoms with E-state index in [9.17, 15) is 4.79 Å². The highest BCUT2D eigenvalue weighted by Gasteiger charge is 2.17. The van der Waals surface area contributed by atoms with Gasteiger partial charge in [-0.15, -0.1) is 0 Å². The Balaban J connectivity index is 1.86. The average molecular weight is 353 g/mol. The van der Waals surface area contributed by atoms with Crippen LogP contribution >= 0.6 is 0 Å². The van der Waals surface area contributed by atoms with Gasteiger partial charge in [-0.25, -0.2) is 4.98 Å². The number of methoxy groups -OCH3 is 2. The number of fused-ring (bicyclic) bond motifs is 1. The fourth-order valence-electron chi connectivity index (χ4n) is 2.90. The second kappa shape index (κ2) is 7.58. The number of hydrogen-bond donors (Lipinski definition) is 1. The molecule has 1 heterocycles. The van der Waals surface area contributed by atoms with Gasteiger partial charge in [-0.1, -0.05) is 18.2 Å². The molecule has 1 N–H and O–H groups in total. The van der Waals surface area contributed by atoms with Crippen LogP contribution < -0.4 is 15.0 Å². The molecule has 0 aliphatic rings. The van der Waals surface area contributed by atoms with E-state index >= 15 is 0 Å². The van der Waals surface area contributed by atoms with E-state index in [1.165, 1.54) is 0 Å². The molecule has 0 radical (unpaired) electrons.